The van der Waals surface area contributed by atoms with Gasteiger partial charge in [0.15, 0.2) is 5.78 Å². The van der Waals surface area contributed by atoms with Gasteiger partial charge in [0.25, 0.3) is 0 Å². The normalized spacial score (nSPS) is 24.2. The Balaban J connectivity index is 1.07. The molecule has 1 aromatic rings. The van der Waals surface area contributed by atoms with Crippen LogP contribution in [0.2, 0.25) is 0 Å². The summed E-state index contributed by atoms with van der Waals surface area (Å²) in [4.78, 5) is 17.0. The Morgan fingerprint density at radius 3 is 2.55 bits per heavy atom. The number of carbonyl (C=O) groups excluding carboxylic acids is 1. The zero-order chi connectivity index (χ0) is 26.8. The summed E-state index contributed by atoms with van der Waals surface area (Å²) < 4.78 is 11.5. The lowest BCUT2D eigenvalue weighted by Gasteiger charge is -2.35. The highest BCUT2D eigenvalue weighted by atomic mass is 16.5. The summed E-state index contributed by atoms with van der Waals surface area (Å²) in [5, 5.41) is 10.7. The molecule has 204 valence electrons. The molecule has 4 aliphatic rings. The molecule has 1 heterocycles. The highest BCUT2D eigenvalue weighted by Gasteiger charge is 2.60. The first-order valence-electron chi connectivity index (χ1n) is 14.1. The Morgan fingerprint density at radius 1 is 1.16 bits per heavy atom. The van der Waals surface area contributed by atoms with E-state index in [1.54, 1.807) is 18.8 Å². The number of hydrogen-bond acceptors (Lipinski definition) is 6. The quantitative estimate of drug-likeness (QED) is 0.430. The molecule has 2 saturated carbocycles. The van der Waals surface area contributed by atoms with Gasteiger partial charge in [-0.3, -0.25) is 14.6 Å². The van der Waals surface area contributed by atoms with Crippen molar-refractivity contribution < 1.29 is 19.4 Å². The van der Waals surface area contributed by atoms with Crippen LogP contribution < -0.4 is 9.47 Å². The van der Waals surface area contributed by atoms with Crippen molar-refractivity contribution in [3.8, 4) is 11.5 Å². The van der Waals surface area contributed by atoms with E-state index >= 15 is 0 Å². The van der Waals surface area contributed by atoms with Crippen LogP contribution >= 0.6 is 0 Å². The van der Waals surface area contributed by atoms with E-state index in [2.05, 4.69) is 42.7 Å². The number of carbonyl (C=O) groups is 1. The summed E-state index contributed by atoms with van der Waals surface area (Å²) in [6.07, 6.45) is 8.90. The maximum atomic E-state index is 12.6. The van der Waals surface area contributed by atoms with Gasteiger partial charge in [-0.05, 0) is 86.8 Å². The van der Waals surface area contributed by atoms with Crippen molar-refractivity contribution in [3.63, 3.8) is 0 Å². The molecule has 0 spiro atoms. The molecule has 38 heavy (non-hydrogen) atoms. The number of nitrogens with zero attached hydrogens (tertiary/aromatic N) is 2. The molecule has 3 unspecified atom stereocenters. The first kappa shape index (κ1) is 26.9. The lowest BCUT2D eigenvalue weighted by molar-refractivity contribution is -0.116. The number of allylic oxidation sites excluding steroid dienone is 7. The average Bonchev–Trinajstić information content (AvgIpc) is 3.81. The standard InChI is InChI=1S/C32H42N2O4/c1-21-6-5-7-22(2)27(21)10-8-24(35)18-33-12-14-34(15-13-33)19-25(36)20-38-31-16-26(37-4)9-11-28(31)23(3)32-29-17-30(29)32/h6,8-11,16,25,29-30,36H,5,7,12-15,17-20H2,1-4H3/b10-8+,32-23?. The van der Waals surface area contributed by atoms with Gasteiger partial charge in [-0.1, -0.05) is 23.3 Å². The van der Waals surface area contributed by atoms with Gasteiger partial charge in [0.05, 0.1) is 13.7 Å². The number of rotatable bonds is 11. The topological polar surface area (TPSA) is 62.2 Å². The number of methoxy groups -OCH3 is 1. The van der Waals surface area contributed by atoms with Crippen LogP contribution in [-0.2, 0) is 4.79 Å². The second kappa shape index (κ2) is 11.6. The molecule has 0 bridgehead atoms. The molecule has 0 aromatic heterocycles. The van der Waals surface area contributed by atoms with Gasteiger partial charge in [-0.2, -0.15) is 0 Å². The van der Waals surface area contributed by atoms with Gasteiger partial charge in [-0.25, -0.2) is 0 Å². The molecule has 1 aliphatic heterocycles. The van der Waals surface area contributed by atoms with Crippen LogP contribution in [0.25, 0.3) is 5.57 Å². The Bertz CT molecular complexity index is 1180. The number of piperazine rings is 1. The van der Waals surface area contributed by atoms with Crippen LogP contribution in [0.3, 0.4) is 0 Å². The van der Waals surface area contributed by atoms with Crippen LogP contribution in [0, 0.1) is 11.8 Å². The van der Waals surface area contributed by atoms with Crippen LogP contribution in [0.1, 0.15) is 45.6 Å². The Morgan fingerprint density at radius 2 is 1.89 bits per heavy atom. The molecule has 3 fully saturated rings. The second-order valence-electron chi connectivity index (χ2n) is 11.4. The zero-order valence-electron chi connectivity index (χ0n) is 23.3. The molecule has 3 aliphatic carbocycles. The molecule has 5 rings (SSSR count). The number of fused-ring (bicyclic) bond motifs is 1. The van der Waals surface area contributed by atoms with E-state index in [4.69, 9.17) is 9.47 Å². The highest BCUT2D eigenvalue weighted by molar-refractivity contribution is 5.92. The minimum absolute atomic E-state index is 0.147. The number of hydrogen-bond donors (Lipinski definition) is 1. The second-order valence-corrected chi connectivity index (χ2v) is 11.4. The Kier molecular flexibility index (Phi) is 8.22. The van der Waals surface area contributed by atoms with Gasteiger partial charge in [-0.15, -0.1) is 0 Å². The van der Waals surface area contributed by atoms with E-state index in [-0.39, 0.29) is 12.4 Å². The number of aliphatic hydroxyl groups is 1. The molecule has 1 aromatic carbocycles. The first-order valence-corrected chi connectivity index (χ1v) is 14.1. The molecule has 1 N–H and O–H groups in total. The van der Waals surface area contributed by atoms with E-state index in [0.717, 1.165) is 67.9 Å². The van der Waals surface area contributed by atoms with Gasteiger partial charge in [0.1, 0.15) is 24.2 Å². The third-order valence-electron chi connectivity index (χ3n) is 8.54. The summed E-state index contributed by atoms with van der Waals surface area (Å²) in [6, 6.07) is 5.97. The SMILES string of the molecule is COc1ccc(C(C)=C2C3CC23)c(OCC(O)CN2CCN(CC(=O)/C=C/C3=C(C)CCC=C3C)CC2)c1. The van der Waals surface area contributed by atoms with Gasteiger partial charge in [0.2, 0.25) is 0 Å². The van der Waals surface area contributed by atoms with Crippen LogP contribution in [0.4, 0.5) is 0 Å². The molecule has 6 heteroatoms. The molecule has 3 atom stereocenters. The van der Waals surface area contributed by atoms with Crippen molar-refractivity contribution >= 4 is 11.4 Å². The number of aliphatic hydroxyl groups excluding tert-OH is 1. The molecular weight excluding hydrogens is 476 g/mol. The smallest absolute Gasteiger partial charge is 0.169 e. The van der Waals surface area contributed by atoms with Crippen LogP contribution in [-0.4, -0.2) is 79.8 Å². The summed E-state index contributed by atoms with van der Waals surface area (Å²) in [7, 11) is 1.66. The van der Waals surface area contributed by atoms with E-state index in [0.29, 0.717) is 13.1 Å². The van der Waals surface area contributed by atoms with E-state index in [1.165, 1.54) is 28.7 Å². The molecule has 1 saturated heterocycles. The van der Waals surface area contributed by atoms with Crippen molar-refractivity contribution in [2.75, 3.05) is 53.0 Å². The predicted octanol–water partition coefficient (Wildman–Crippen LogP) is 4.66. The zero-order valence-corrected chi connectivity index (χ0v) is 23.3. The number of β-amino-alcohol motifs (C(OH)–C–C–N with tert-alkyl or cyclic N) is 1. The monoisotopic (exact) mass is 518 g/mol. The van der Waals surface area contributed by atoms with Crippen LogP contribution in [0.5, 0.6) is 11.5 Å². The Hall–Kier alpha value is -2.67. The van der Waals surface area contributed by atoms with Gasteiger partial charge >= 0.3 is 0 Å². The third kappa shape index (κ3) is 6.31. The van der Waals surface area contributed by atoms with E-state index < -0.39 is 6.10 Å². The fourth-order valence-corrected chi connectivity index (χ4v) is 5.91. The van der Waals surface area contributed by atoms with Crippen molar-refractivity contribution in [3.05, 3.63) is 64.3 Å². The fraction of sp³-hybridized carbons (Fsp3) is 0.531. The minimum Gasteiger partial charge on any atom is -0.497 e. The van der Waals surface area contributed by atoms with Gasteiger partial charge < -0.3 is 14.6 Å². The predicted molar refractivity (Wildman–Crippen MR) is 151 cm³/mol. The highest BCUT2D eigenvalue weighted by Crippen LogP contribution is 2.70. The lowest BCUT2D eigenvalue weighted by Crippen LogP contribution is -2.50. The maximum absolute atomic E-state index is 12.6. The fourth-order valence-electron chi connectivity index (χ4n) is 5.91. The largest absolute Gasteiger partial charge is 0.497 e. The summed E-state index contributed by atoms with van der Waals surface area (Å²) in [5.41, 5.74) is 7.83. The van der Waals surface area contributed by atoms with Crippen molar-refractivity contribution in [1.82, 2.24) is 9.80 Å². The number of ketones is 1. The first-order chi connectivity index (χ1) is 18.3. The van der Waals surface area contributed by atoms with Gasteiger partial charge in [0, 0.05) is 44.4 Å². The van der Waals surface area contributed by atoms with E-state index in [1.807, 2.05) is 18.2 Å². The van der Waals surface area contributed by atoms with Crippen LogP contribution in [0.15, 0.2) is 58.7 Å². The molecular formula is C32H42N2O4. The van der Waals surface area contributed by atoms with E-state index in [9.17, 15) is 9.90 Å². The van der Waals surface area contributed by atoms with Crippen molar-refractivity contribution in [1.29, 1.82) is 0 Å². The summed E-state index contributed by atoms with van der Waals surface area (Å²) >= 11 is 0. The van der Waals surface area contributed by atoms with Crippen molar-refractivity contribution in [2.45, 2.75) is 46.1 Å². The third-order valence-corrected chi connectivity index (χ3v) is 8.54. The minimum atomic E-state index is -0.587. The molecule has 0 radical (unpaired) electrons. The Labute approximate surface area is 227 Å². The number of benzene rings is 1. The van der Waals surface area contributed by atoms with Crippen molar-refractivity contribution in [2.24, 2.45) is 11.8 Å². The molecule has 0 amide bonds. The molecule has 6 nitrogen and oxygen atoms in total. The number of ether oxygens (including phenoxy) is 2. The summed E-state index contributed by atoms with van der Waals surface area (Å²) in [6.45, 7) is 11.0. The maximum Gasteiger partial charge on any atom is 0.169 e. The average molecular weight is 519 g/mol. The summed E-state index contributed by atoms with van der Waals surface area (Å²) in [5.74, 6) is 3.30. The lowest BCUT2D eigenvalue weighted by atomic mass is 9.92.